The van der Waals surface area contributed by atoms with Crippen molar-refractivity contribution in [2.45, 2.75) is 58.8 Å². The number of carbonyl (C=O) groups is 1. The number of hydrogen-bond acceptors (Lipinski definition) is 11. The van der Waals surface area contributed by atoms with E-state index >= 15 is 0 Å². The molecule has 0 unspecified atom stereocenters. The van der Waals surface area contributed by atoms with Gasteiger partial charge in [-0.05, 0) is 37.5 Å². The lowest BCUT2D eigenvalue weighted by Gasteiger charge is -2.09. The molecule has 0 N–H and O–H groups in total. The van der Waals surface area contributed by atoms with E-state index in [1.807, 2.05) is 12.1 Å². The van der Waals surface area contributed by atoms with E-state index < -0.39 is 5.97 Å². The smallest absolute Gasteiger partial charge is 0.333 e. The van der Waals surface area contributed by atoms with E-state index in [4.69, 9.17) is 47.4 Å². The van der Waals surface area contributed by atoms with Crippen LogP contribution in [0.15, 0.2) is 36.4 Å². The first-order valence-electron chi connectivity index (χ1n) is 17.3. The summed E-state index contributed by atoms with van der Waals surface area (Å²) in [6.07, 6.45) is 9.07. The van der Waals surface area contributed by atoms with E-state index in [1.165, 1.54) is 44.1 Å². The summed E-state index contributed by atoms with van der Waals surface area (Å²) < 4.78 is 54.4. The highest BCUT2D eigenvalue weighted by Gasteiger charge is 2.02. The summed E-state index contributed by atoms with van der Waals surface area (Å²) in [5.41, 5.74) is 1.75. The van der Waals surface area contributed by atoms with Crippen LogP contribution in [0.2, 0.25) is 0 Å². The highest BCUT2D eigenvalue weighted by molar-refractivity contribution is 5.86. The van der Waals surface area contributed by atoms with Gasteiger partial charge < -0.3 is 47.4 Å². The molecule has 11 heteroatoms. The SMILES string of the molecule is C=C(C)C(=O)OCCOCCOCCOCCOCCOCCOCCOCCOCCOc1ccc(CCCCCCCC)cc1. The number of carbonyl (C=O) groups excluding carboxylic acids is 1. The first kappa shape index (κ1) is 42.9. The van der Waals surface area contributed by atoms with Crippen molar-refractivity contribution in [1.82, 2.24) is 0 Å². The molecule has 0 saturated heterocycles. The van der Waals surface area contributed by atoms with Crippen LogP contribution in [0.5, 0.6) is 5.75 Å². The van der Waals surface area contributed by atoms with Crippen LogP contribution in [0.1, 0.15) is 57.9 Å². The van der Waals surface area contributed by atoms with Crippen LogP contribution >= 0.6 is 0 Å². The number of unbranched alkanes of at least 4 members (excludes halogenated alkanes) is 5. The largest absolute Gasteiger partial charge is 0.491 e. The number of ether oxygens (including phenoxy) is 10. The van der Waals surface area contributed by atoms with Gasteiger partial charge in [0.25, 0.3) is 0 Å². The van der Waals surface area contributed by atoms with Crippen LogP contribution in [0.4, 0.5) is 0 Å². The molecule has 0 aliphatic heterocycles. The van der Waals surface area contributed by atoms with Gasteiger partial charge in [0, 0.05) is 5.57 Å². The Hall–Kier alpha value is -2.09. The van der Waals surface area contributed by atoms with Gasteiger partial charge in [-0.25, -0.2) is 4.79 Å². The van der Waals surface area contributed by atoms with Crippen molar-refractivity contribution in [3.8, 4) is 5.75 Å². The molecule has 0 aliphatic rings. The van der Waals surface area contributed by atoms with E-state index in [1.54, 1.807) is 6.92 Å². The minimum absolute atomic E-state index is 0.202. The fraction of sp³-hybridized carbons (Fsp3) is 0.750. The average Bonchev–Trinajstić information content (AvgIpc) is 3.08. The topological polar surface area (TPSA) is 109 Å². The lowest BCUT2D eigenvalue weighted by Crippen LogP contribution is -2.15. The van der Waals surface area contributed by atoms with Gasteiger partial charge in [-0.15, -0.1) is 0 Å². The van der Waals surface area contributed by atoms with Crippen molar-refractivity contribution >= 4 is 5.97 Å². The van der Waals surface area contributed by atoms with Crippen molar-refractivity contribution in [2.75, 3.05) is 119 Å². The molecule has 0 heterocycles. The molecule has 0 spiro atoms. The maximum absolute atomic E-state index is 11.2. The van der Waals surface area contributed by atoms with Gasteiger partial charge >= 0.3 is 5.97 Å². The van der Waals surface area contributed by atoms with E-state index in [2.05, 4.69) is 25.6 Å². The van der Waals surface area contributed by atoms with Crippen molar-refractivity contribution < 1.29 is 52.2 Å². The summed E-state index contributed by atoms with van der Waals surface area (Å²) >= 11 is 0. The van der Waals surface area contributed by atoms with Crippen molar-refractivity contribution in [2.24, 2.45) is 0 Å². The molecular formula is C36H62O11. The molecule has 1 aromatic rings. The normalized spacial score (nSPS) is 11.2. The molecule has 11 nitrogen and oxygen atoms in total. The number of benzene rings is 1. The van der Waals surface area contributed by atoms with Crippen molar-refractivity contribution in [3.05, 3.63) is 42.0 Å². The molecule has 0 fully saturated rings. The van der Waals surface area contributed by atoms with Gasteiger partial charge in [-0.3, -0.25) is 0 Å². The second kappa shape index (κ2) is 33.8. The summed E-state index contributed by atoms with van der Waals surface area (Å²) in [7, 11) is 0. The van der Waals surface area contributed by atoms with Gasteiger partial charge in [0.15, 0.2) is 0 Å². The molecule has 1 rings (SSSR count). The second-order valence-corrected chi connectivity index (χ2v) is 10.8. The quantitative estimate of drug-likeness (QED) is 0.0533. The molecule has 0 bridgehead atoms. The van der Waals surface area contributed by atoms with Gasteiger partial charge in [0.2, 0.25) is 0 Å². The predicted molar refractivity (Wildman–Crippen MR) is 181 cm³/mol. The zero-order valence-electron chi connectivity index (χ0n) is 29.2. The number of esters is 1. The van der Waals surface area contributed by atoms with Crippen LogP contribution in [-0.4, -0.2) is 125 Å². The third-order valence-electron chi connectivity index (χ3n) is 6.65. The maximum Gasteiger partial charge on any atom is 0.333 e. The van der Waals surface area contributed by atoms with E-state index in [9.17, 15) is 4.79 Å². The molecule has 1 aromatic carbocycles. The van der Waals surface area contributed by atoms with Crippen LogP contribution in [0, 0.1) is 0 Å². The Bertz CT molecular complexity index is 835. The molecule has 272 valence electrons. The number of hydrogen-bond donors (Lipinski definition) is 0. The van der Waals surface area contributed by atoms with Crippen LogP contribution in [-0.2, 0) is 53.8 Å². The Kier molecular flexibility index (Phi) is 30.9. The summed E-state index contributed by atoms with van der Waals surface area (Å²) in [6.45, 7) is 15.8. The Balaban J connectivity index is 1.71. The Morgan fingerprint density at radius 3 is 1.28 bits per heavy atom. The minimum atomic E-state index is -0.410. The molecule has 47 heavy (non-hydrogen) atoms. The predicted octanol–water partition coefficient (Wildman–Crippen LogP) is 5.22. The molecule has 0 saturated carbocycles. The highest BCUT2D eigenvalue weighted by atomic mass is 16.6. The van der Waals surface area contributed by atoms with Gasteiger partial charge in [0.05, 0.1) is 106 Å². The Labute approximate surface area is 283 Å². The molecule has 0 atom stereocenters. The van der Waals surface area contributed by atoms with Crippen molar-refractivity contribution in [1.29, 1.82) is 0 Å². The van der Waals surface area contributed by atoms with Gasteiger partial charge in [-0.2, -0.15) is 0 Å². The fourth-order valence-corrected chi connectivity index (χ4v) is 4.04. The second-order valence-electron chi connectivity index (χ2n) is 10.8. The van der Waals surface area contributed by atoms with Crippen LogP contribution in [0.25, 0.3) is 0 Å². The zero-order valence-corrected chi connectivity index (χ0v) is 29.2. The molecule has 0 aliphatic carbocycles. The van der Waals surface area contributed by atoms with Gasteiger partial charge in [0.1, 0.15) is 19.0 Å². The monoisotopic (exact) mass is 670 g/mol. The summed E-state index contributed by atoms with van der Waals surface area (Å²) in [5, 5.41) is 0. The van der Waals surface area contributed by atoms with E-state index in [0.29, 0.717) is 118 Å². The molecule has 0 amide bonds. The van der Waals surface area contributed by atoms with E-state index in [-0.39, 0.29) is 6.61 Å². The third kappa shape index (κ3) is 29.8. The Morgan fingerprint density at radius 1 is 0.511 bits per heavy atom. The molecule has 0 radical (unpaired) electrons. The van der Waals surface area contributed by atoms with Gasteiger partial charge in [-0.1, -0.05) is 57.7 Å². The molecule has 0 aromatic heterocycles. The standard InChI is InChI=1S/C36H62O11/c1-4-5-6-7-8-9-10-34-11-13-35(14-12-34)46-31-29-44-27-25-42-23-21-40-19-17-38-15-16-39-18-20-41-22-24-43-26-28-45-30-32-47-36(37)33(2)3/h11-14H,2,4-10,15-32H2,1,3H3. The summed E-state index contributed by atoms with van der Waals surface area (Å²) in [6, 6.07) is 8.42. The fourth-order valence-electron chi connectivity index (χ4n) is 4.04. The highest BCUT2D eigenvalue weighted by Crippen LogP contribution is 2.15. The zero-order chi connectivity index (χ0) is 33.9. The van der Waals surface area contributed by atoms with Crippen molar-refractivity contribution in [3.63, 3.8) is 0 Å². The molecular weight excluding hydrogens is 608 g/mol. The number of rotatable bonds is 36. The van der Waals surface area contributed by atoms with E-state index in [0.717, 1.165) is 12.2 Å². The lowest BCUT2D eigenvalue weighted by molar-refractivity contribution is -0.140. The first-order chi connectivity index (χ1) is 23.1. The number of aryl methyl sites for hydroxylation is 1. The van der Waals surface area contributed by atoms with Crippen LogP contribution in [0.3, 0.4) is 0 Å². The summed E-state index contributed by atoms with van der Waals surface area (Å²) in [4.78, 5) is 11.2. The average molecular weight is 671 g/mol. The maximum atomic E-state index is 11.2. The van der Waals surface area contributed by atoms with Crippen LogP contribution < -0.4 is 4.74 Å². The lowest BCUT2D eigenvalue weighted by atomic mass is 10.0. The summed E-state index contributed by atoms with van der Waals surface area (Å²) in [5.74, 6) is 0.472. The third-order valence-corrected chi connectivity index (χ3v) is 6.65. The Morgan fingerprint density at radius 2 is 0.872 bits per heavy atom. The first-order valence-corrected chi connectivity index (χ1v) is 17.3. The minimum Gasteiger partial charge on any atom is -0.491 e.